The van der Waals surface area contributed by atoms with Gasteiger partial charge in [-0.1, -0.05) is 24.3 Å². The number of carbonyl (C=O) groups excluding carboxylic acids is 3. The number of nitrogens with one attached hydrogen (secondary N) is 2. The van der Waals surface area contributed by atoms with E-state index in [-0.39, 0.29) is 10.6 Å². The molecule has 0 bridgehead atoms. The van der Waals surface area contributed by atoms with Crippen LogP contribution in [0.2, 0.25) is 0 Å². The predicted molar refractivity (Wildman–Crippen MR) is 119 cm³/mol. The number of rotatable bonds is 4. The summed E-state index contributed by atoms with van der Waals surface area (Å²) < 4.78 is 47.0. The molecule has 1 fully saturated rings. The van der Waals surface area contributed by atoms with E-state index in [9.17, 15) is 27.2 Å². The normalized spacial score (nSPS) is 16.9. The number of imide groups is 1. The molecule has 34 heavy (non-hydrogen) atoms. The third kappa shape index (κ3) is 5.06. The molecule has 2 aromatic carbocycles. The molecular weight excluding hydrogens is 467 g/mol. The first-order valence-corrected chi connectivity index (χ1v) is 11.9. The number of amides is 3. The van der Waals surface area contributed by atoms with E-state index in [0.717, 1.165) is 6.07 Å². The van der Waals surface area contributed by atoms with Crippen molar-refractivity contribution in [3.8, 4) is 0 Å². The van der Waals surface area contributed by atoms with Crippen molar-refractivity contribution in [1.29, 1.82) is 0 Å². The van der Waals surface area contributed by atoms with Gasteiger partial charge in [-0.15, -0.1) is 4.40 Å². The zero-order valence-corrected chi connectivity index (χ0v) is 18.7. The maximum atomic E-state index is 13.5. The maximum Gasteiger partial charge on any atom is 0.326 e. The molecule has 4 rings (SSSR count). The van der Waals surface area contributed by atoms with Crippen molar-refractivity contribution in [1.82, 2.24) is 10.2 Å². The summed E-state index contributed by atoms with van der Waals surface area (Å²) in [6.07, 6.45) is 0.769. The summed E-state index contributed by atoms with van der Waals surface area (Å²) in [6.45, 7) is 0.113. The van der Waals surface area contributed by atoms with Crippen LogP contribution in [-0.2, 0) is 24.3 Å². The lowest BCUT2D eigenvalue weighted by molar-refractivity contribution is -0.153. The Kier molecular flexibility index (Phi) is 6.59. The molecule has 10 nitrogen and oxygen atoms in total. The second kappa shape index (κ2) is 9.59. The SMILES string of the molecule is O=C(COC(=O)C1CCN(C2=NS(=O)(=O)c3ccccc32)CC1)NC(=O)Nc1ccccc1F. The summed E-state index contributed by atoms with van der Waals surface area (Å²) >= 11 is 0. The minimum Gasteiger partial charge on any atom is -0.455 e. The van der Waals surface area contributed by atoms with E-state index in [0.29, 0.717) is 37.3 Å². The summed E-state index contributed by atoms with van der Waals surface area (Å²) in [5.41, 5.74) is 0.438. The number of esters is 1. The molecule has 2 aliphatic heterocycles. The molecule has 178 valence electrons. The molecular formula is C22H21FN4O6S. The molecule has 0 aromatic heterocycles. The average molecular weight is 488 g/mol. The third-order valence-corrected chi connectivity index (χ3v) is 6.79. The fourth-order valence-corrected chi connectivity index (χ4v) is 5.00. The molecule has 2 aliphatic rings. The van der Waals surface area contributed by atoms with Gasteiger partial charge in [-0.05, 0) is 37.1 Å². The van der Waals surface area contributed by atoms with Gasteiger partial charge in [0.1, 0.15) is 10.7 Å². The number of piperidine rings is 1. The zero-order valence-electron chi connectivity index (χ0n) is 17.9. The molecule has 0 atom stereocenters. The van der Waals surface area contributed by atoms with E-state index in [1.807, 2.05) is 10.2 Å². The van der Waals surface area contributed by atoms with Gasteiger partial charge in [-0.2, -0.15) is 8.42 Å². The van der Waals surface area contributed by atoms with Crippen LogP contribution in [0.15, 0.2) is 57.8 Å². The van der Waals surface area contributed by atoms with E-state index in [1.165, 1.54) is 24.3 Å². The number of para-hydroxylation sites is 1. The molecule has 12 heteroatoms. The van der Waals surface area contributed by atoms with Gasteiger partial charge in [-0.25, -0.2) is 9.18 Å². The number of amidine groups is 1. The van der Waals surface area contributed by atoms with Gasteiger partial charge >= 0.3 is 12.0 Å². The summed E-state index contributed by atoms with van der Waals surface area (Å²) in [7, 11) is -3.73. The largest absolute Gasteiger partial charge is 0.455 e. The smallest absolute Gasteiger partial charge is 0.326 e. The standard InChI is InChI=1S/C22H21FN4O6S/c23-16-6-2-3-7-17(16)24-22(30)25-19(28)13-33-21(29)14-9-11-27(12-10-14)20-15-5-1-4-8-18(15)34(31,32)26-20/h1-8,14H,9-13H2,(H2,24,25,28,30). The number of urea groups is 1. The van der Waals surface area contributed by atoms with E-state index in [2.05, 4.69) is 9.71 Å². The molecule has 2 aromatic rings. The Morgan fingerprint density at radius 1 is 1.06 bits per heavy atom. The van der Waals surface area contributed by atoms with Gasteiger partial charge in [0.2, 0.25) is 0 Å². The number of halogens is 1. The first kappa shape index (κ1) is 23.4. The number of ether oxygens (including phenoxy) is 1. The van der Waals surface area contributed by atoms with Gasteiger partial charge < -0.3 is 15.0 Å². The van der Waals surface area contributed by atoms with E-state index in [4.69, 9.17) is 4.74 Å². The lowest BCUT2D eigenvalue weighted by Gasteiger charge is -2.32. The van der Waals surface area contributed by atoms with Gasteiger partial charge in [0.15, 0.2) is 12.4 Å². The number of sulfonamides is 1. The van der Waals surface area contributed by atoms with E-state index >= 15 is 0 Å². The monoisotopic (exact) mass is 488 g/mol. The van der Waals surface area contributed by atoms with Crippen LogP contribution < -0.4 is 10.6 Å². The van der Waals surface area contributed by atoms with Gasteiger partial charge in [0.05, 0.1) is 11.6 Å². The number of benzene rings is 2. The fraction of sp³-hybridized carbons (Fsp3) is 0.273. The van der Waals surface area contributed by atoms with Crippen molar-refractivity contribution in [3.63, 3.8) is 0 Å². The van der Waals surface area contributed by atoms with Gasteiger partial charge in [0, 0.05) is 18.7 Å². The van der Waals surface area contributed by atoms with Crippen LogP contribution in [-0.4, -0.2) is 56.8 Å². The van der Waals surface area contributed by atoms with Crippen molar-refractivity contribution < 1.29 is 31.9 Å². The highest BCUT2D eigenvalue weighted by atomic mass is 32.2. The van der Waals surface area contributed by atoms with Crippen LogP contribution in [0.25, 0.3) is 0 Å². The average Bonchev–Trinajstić information content (AvgIpc) is 3.10. The van der Waals surface area contributed by atoms with Gasteiger partial charge in [0.25, 0.3) is 15.9 Å². The summed E-state index contributed by atoms with van der Waals surface area (Å²) in [5.74, 6) is -2.23. The van der Waals surface area contributed by atoms with Crippen LogP contribution in [0.3, 0.4) is 0 Å². The number of hydrogen-bond donors (Lipinski definition) is 2. The first-order chi connectivity index (χ1) is 16.2. The zero-order chi connectivity index (χ0) is 24.3. The fourth-order valence-electron chi connectivity index (χ4n) is 3.78. The number of likely N-dealkylation sites (tertiary alicyclic amines) is 1. The van der Waals surface area contributed by atoms with Crippen LogP contribution in [0, 0.1) is 11.7 Å². The number of nitrogens with zero attached hydrogens (tertiary/aromatic N) is 2. The Morgan fingerprint density at radius 3 is 2.47 bits per heavy atom. The van der Waals surface area contributed by atoms with Crippen molar-refractivity contribution in [2.24, 2.45) is 10.3 Å². The summed E-state index contributed by atoms with van der Waals surface area (Å²) in [6, 6.07) is 11.1. The topological polar surface area (TPSA) is 134 Å². The Bertz CT molecular complexity index is 1270. The summed E-state index contributed by atoms with van der Waals surface area (Å²) in [5, 5.41) is 4.15. The Morgan fingerprint density at radius 2 is 1.74 bits per heavy atom. The Hall–Kier alpha value is -3.80. The lowest BCUT2D eigenvalue weighted by atomic mass is 9.96. The number of carbonyl (C=O) groups is 3. The molecule has 2 heterocycles. The van der Waals surface area contributed by atoms with Crippen LogP contribution in [0.4, 0.5) is 14.9 Å². The predicted octanol–water partition coefficient (Wildman–Crippen LogP) is 1.88. The van der Waals surface area contributed by atoms with Gasteiger partial charge in [-0.3, -0.25) is 14.9 Å². The minimum atomic E-state index is -3.73. The maximum absolute atomic E-state index is 13.5. The van der Waals surface area contributed by atoms with Crippen molar-refractivity contribution in [2.45, 2.75) is 17.7 Å². The highest BCUT2D eigenvalue weighted by Gasteiger charge is 2.34. The first-order valence-electron chi connectivity index (χ1n) is 10.5. The van der Waals surface area contributed by atoms with E-state index in [1.54, 1.807) is 18.2 Å². The van der Waals surface area contributed by atoms with Crippen LogP contribution in [0.5, 0.6) is 0 Å². The Labute approximate surface area is 194 Å². The second-order valence-corrected chi connectivity index (χ2v) is 9.31. The number of anilines is 1. The molecule has 2 N–H and O–H groups in total. The molecule has 0 aliphatic carbocycles. The van der Waals surface area contributed by atoms with Crippen molar-refractivity contribution in [3.05, 3.63) is 59.9 Å². The summed E-state index contributed by atoms with van der Waals surface area (Å²) in [4.78, 5) is 38.0. The minimum absolute atomic E-state index is 0.0983. The molecule has 0 spiro atoms. The molecule has 0 unspecified atom stereocenters. The molecule has 1 saturated heterocycles. The molecule has 3 amide bonds. The number of hydrogen-bond acceptors (Lipinski definition) is 7. The lowest BCUT2D eigenvalue weighted by Crippen LogP contribution is -2.41. The highest BCUT2D eigenvalue weighted by molar-refractivity contribution is 7.90. The number of fused-ring (bicyclic) bond motifs is 1. The molecule has 0 saturated carbocycles. The Balaban J connectivity index is 1.24. The van der Waals surface area contributed by atoms with Crippen LogP contribution in [0.1, 0.15) is 18.4 Å². The van der Waals surface area contributed by atoms with Crippen LogP contribution >= 0.6 is 0 Å². The van der Waals surface area contributed by atoms with Crippen molar-refractivity contribution >= 4 is 39.5 Å². The molecule has 0 radical (unpaired) electrons. The third-order valence-electron chi connectivity index (χ3n) is 5.46. The second-order valence-electron chi connectivity index (χ2n) is 7.74. The van der Waals surface area contributed by atoms with E-state index < -0.39 is 46.3 Å². The quantitative estimate of drug-likeness (QED) is 0.628. The highest BCUT2D eigenvalue weighted by Crippen LogP contribution is 2.29. The van der Waals surface area contributed by atoms with Crippen molar-refractivity contribution in [2.75, 3.05) is 25.0 Å².